The summed E-state index contributed by atoms with van der Waals surface area (Å²) in [5.74, 6) is 0.00369. The van der Waals surface area contributed by atoms with Crippen LogP contribution < -0.4 is 5.32 Å². The van der Waals surface area contributed by atoms with Crippen molar-refractivity contribution in [2.45, 2.75) is 12.3 Å². The Balaban J connectivity index is 0.00000256. The number of aliphatic hydroxyl groups is 1. The maximum absolute atomic E-state index is 12.3. The Morgan fingerprint density at radius 2 is 1.47 bits per heavy atom. The molecule has 4 rings (SSSR count). The van der Waals surface area contributed by atoms with Gasteiger partial charge in [0, 0.05) is 25.0 Å². The topological polar surface area (TPSA) is 58.6 Å². The number of carbonyl (C=O) groups excluding carboxylic acids is 1. The van der Waals surface area contributed by atoms with Gasteiger partial charge in [0.2, 0.25) is 0 Å². The molecule has 0 saturated heterocycles. The highest BCUT2D eigenvalue weighted by Gasteiger charge is 2.29. The monoisotopic (exact) mass is 423 g/mol. The van der Waals surface area contributed by atoms with Gasteiger partial charge in [-0.25, -0.2) is 4.79 Å². The van der Waals surface area contributed by atoms with Crippen LogP contribution in [0.1, 0.15) is 22.6 Å². The molecule has 30 heavy (non-hydrogen) atoms. The first-order valence-electron chi connectivity index (χ1n) is 10.00. The maximum Gasteiger partial charge on any atom is 0.407 e. The van der Waals surface area contributed by atoms with E-state index >= 15 is 0 Å². The first kappa shape index (κ1) is 21.9. The lowest BCUT2D eigenvalue weighted by Gasteiger charge is -2.17. The number of aliphatic hydroxyl groups excluding tert-OH is 1. The van der Waals surface area contributed by atoms with Crippen LogP contribution in [0.5, 0.6) is 0 Å². The minimum atomic E-state index is -0.446. The van der Waals surface area contributed by atoms with Crippen LogP contribution in [-0.4, -0.2) is 31.0 Å². The molecule has 1 aliphatic rings. The third-order valence-electron chi connectivity index (χ3n) is 5.50. The molecule has 3 aromatic carbocycles. The first-order chi connectivity index (χ1) is 14.3. The number of fused-ring (bicyclic) bond motifs is 3. The van der Waals surface area contributed by atoms with E-state index in [1.165, 1.54) is 22.3 Å². The summed E-state index contributed by atoms with van der Waals surface area (Å²) in [6.45, 7) is 0.683. The third kappa shape index (κ3) is 4.84. The normalized spacial score (nSPS) is 13.0. The number of benzene rings is 3. The van der Waals surface area contributed by atoms with Crippen molar-refractivity contribution in [3.05, 3.63) is 95.6 Å². The number of halogens is 1. The van der Waals surface area contributed by atoms with Crippen molar-refractivity contribution in [1.82, 2.24) is 5.32 Å². The fourth-order valence-corrected chi connectivity index (χ4v) is 4.03. The first-order valence-corrected chi connectivity index (χ1v) is 10.00. The van der Waals surface area contributed by atoms with Crippen LogP contribution in [-0.2, 0) is 11.2 Å². The number of nitrogens with one attached hydrogen (secondary N) is 1. The van der Waals surface area contributed by atoms with Crippen LogP contribution in [0.4, 0.5) is 4.79 Å². The van der Waals surface area contributed by atoms with E-state index in [0.717, 1.165) is 5.56 Å². The fraction of sp³-hybridized carbons (Fsp3) is 0.240. The van der Waals surface area contributed by atoms with Crippen molar-refractivity contribution >= 4 is 18.5 Å². The highest BCUT2D eigenvalue weighted by Crippen LogP contribution is 2.44. The molecule has 0 unspecified atom stereocenters. The van der Waals surface area contributed by atoms with E-state index < -0.39 is 6.09 Å². The van der Waals surface area contributed by atoms with E-state index in [1.54, 1.807) is 0 Å². The zero-order valence-corrected chi connectivity index (χ0v) is 17.5. The third-order valence-corrected chi connectivity index (χ3v) is 5.50. The van der Waals surface area contributed by atoms with Crippen molar-refractivity contribution < 1.29 is 14.6 Å². The Bertz CT molecular complexity index is 931. The Hall–Kier alpha value is -2.82. The van der Waals surface area contributed by atoms with Gasteiger partial charge in [-0.2, -0.15) is 0 Å². The van der Waals surface area contributed by atoms with Crippen molar-refractivity contribution in [2.24, 2.45) is 5.92 Å². The molecule has 3 aromatic rings. The van der Waals surface area contributed by atoms with Crippen LogP contribution in [0, 0.1) is 5.92 Å². The van der Waals surface area contributed by atoms with Crippen molar-refractivity contribution in [1.29, 1.82) is 0 Å². The van der Waals surface area contributed by atoms with Gasteiger partial charge in [0.05, 0.1) is 0 Å². The zero-order valence-electron chi connectivity index (χ0n) is 16.7. The Morgan fingerprint density at radius 1 is 0.900 bits per heavy atom. The summed E-state index contributed by atoms with van der Waals surface area (Å²) in [7, 11) is 0. The number of alkyl carbamates (subject to hydrolysis) is 1. The number of rotatable bonds is 7. The molecule has 1 amide bonds. The highest BCUT2D eigenvalue weighted by atomic mass is 35.5. The molecule has 0 bridgehead atoms. The predicted molar refractivity (Wildman–Crippen MR) is 121 cm³/mol. The standard InChI is InChI=1S/C25H25NO3.ClH/c27-16-19(14-18-8-2-1-3-9-18)15-26-25(28)29-17-24-22-12-6-4-10-20(22)21-11-5-7-13-23(21)24;/h1-13,19,24,27H,14-17H2,(H,26,28);1H/t19-;/m1./s1. The second kappa shape index (κ2) is 10.3. The quantitative estimate of drug-likeness (QED) is 0.574. The fourth-order valence-electron chi connectivity index (χ4n) is 4.03. The van der Waals surface area contributed by atoms with Crippen molar-refractivity contribution in [2.75, 3.05) is 19.8 Å². The SMILES string of the molecule is Cl.O=C(NC[C@H](CO)Cc1ccccc1)OCC1c2ccccc2-c2ccccc21. The molecule has 0 heterocycles. The summed E-state index contributed by atoms with van der Waals surface area (Å²) in [6, 6.07) is 26.5. The van der Waals surface area contributed by atoms with Gasteiger partial charge >= 0.3 is 6.09 Å². The lowest BCUT2D eigenvalue weighted by atomic mass is 9.98. The Morgan fingerprint density at radius 3 is 2.07 bits per heavy atom. The van der Waals surface area contributed by atoms with Crippen LogP contribution >= 0.6 is 12.4 Å². The minimum absolute atomic E-state index is 0. The van der Waals surface area contributed by atoms with E-state index in [2.05, 4.69) is 29.6 Å². The molecular weight excluding hydrogens is 398 g/mol. The van der Waals surface area contributed by atoms with Crippen LogP contribution in [0.3, 0.4) is 0 Å². The molecule has 1 atom stereocenters. The molecule has 0 saturated carbocycles. The number of ether oxygens (including phenoxy) is 1. The van der Waals surface area contributed by atoms with Crippen LogP contribution in [0.2, 0.25) is 0 Å². The summed E-state index contributed by atoms with van der Waals surface area (Å²) in [6.07, 6.45) is 0.263. The summed E-state index contributed by atoms with van der Waals surface area (Å²) in [5, 5.41) is 12.4. The van der Waals surface area contributed by atoms with Crippen molar-refractivity contribution in [3.8, 4) is 11.1 Å². The second-order valence-electron chi connectivity index (χ2n) is 7.44. The van der Waals surface area contributed by atoms with Gasteiger partial charge in [0.15, 0.2) is 0 Å². The molecule has 5 heteroatoms. The smallest absolute Gasteiger partial charge is 0.407 e. The zero-order chi connectivity index (χ0) is 20.1. The molecular formula is C25H26ClNO3. The van der Waals surface area contributed by atoms with Gasteiger partial charge in [-0.15, -0.1) is 12.4 Å². The number of amides is 1. The molecule has 0 fully saturated rings. The summed E-state index contributed by atoms with van der Waals surface area (Å²) in [4.78, 5) is 12.3. The van der Waals surface area contributed by atoms with E-state index in [-0.39, 0.29) is 30.8 Å². The van der Waals surface area contributed by atoms with Gasteiger partial charge in [-0.3, -0.25) is 0 Å². The number of hydrogen-bond acceptors (Lipinski definition) is 3. The minimum Gasteiger partial charge on any atom is -0.449 e. The molecule has 0 spiro atoms. The molecule has 0 aromatic heterocycles. The Labute approximate surface area is 183 Å². The lowest BCUT2D eigenvalue weighted by molar-refractivity contribution is 0.138. The average molecular weight is 424 g/mol. The molecule has 1 aliphatic carbocycles. The van der Waals surface area contributed by atoms with Gasteiger partial charge in [-0.05, 0) is 34.2 Å². The summed E-state index contributed by atoms with van der Waals surface area (Å²) in [5.41, 5.74) is 5.94. The van der Waals surface area contributed by atoms with Gasteiger partial charge < -0.3 is 15.2 Å². The average Bonchev–Trinajstić information content (AvgIpc) is 3.09. The van der Waals surface area contributed by atoms with Crippen LogP contribution in [0.25, 0.3) is 11.1 Å². The molecule has 0 aliphatic heterocycles. The van der Waals surface area contributed by atoms with E-state index in [0.29, 0.717) is 19.6 Å². The van der Waals surface area contributed by atoms with Crippen molar-refractivity contribution in [3.63, 3.8) is 0 Å². The second-order valence-corrected chi connectivity index (χ2v) is 7.44. The van der Waals surface area contributed by atoms with Gasteiger partial charge in [0.1, 0.15) is 6.61 Å². The number of carbonyl (C=O) groups is 1. The lowest BCUT2D eigenvalue weighted by Crippen LogP contribution is -2.33. The van der Waals surface area contributed by atoms with E-state index in [4.69, 9.17) is 4.74 Å². The molecule has 0 radical (unpaired) electrons. The molecule has 156 valence electrons. The van der Waals surface area contributed by atoms with Gasteiger partial charge in [0.25, 0.3) is 0 Å². The van der Waals surface area contributed by atoms with E-state index in [1.807, 2.05) is 54.6 Å². The Kier molecular flexibility index (Phi) is 7.50. The largest absolute Gasteiger partial charge is 0.449 e. The molecule has 4 nitrogen and oxygen atoms in total. The maximum atomic E-state index is 12.3. The molecule has 2 N–H and O–H groups in total. The van der Waals surface area contributed by atoms with Gasteiger partial charge in [-0.1, -0.05) is 78.9 Å². The predicted octanol–water partition coefficient (Wildman–Crippen LogP) is 4.80. The van der Waals surface area contributed by atoms with Crippen LogP contribution in [0.15, 0.2) is 78.9 Å². The van der Waals surface area contributed by atoms with E-state index in [9.17, 15) is 9.90 Å². The summed E-state index contributed by atoms with van der Waals surface area (Å²) < 4.78 is 5.55. The summed E-state index contributed by atoms with van der Waals surface area (Å²) >= 11 is 0. The highest BCUT2D eigenvalue weighted by molar-refractivity contribution is 5.85. The number of hydrogen-bond donors (Lipinski definition) is 2.